The van der Waals surface area contributed by atoms with Crippen LogP contribution < -0.4 is 16.6 Å². The Bertz CT molecular complexity index is 1290. The molecule has 1 amide bonds. The van der Waals surface area contributed by atoms with E-state index in [1.165, 1.54) is 18.5 Å². The lowest BCUT2D eigenvalue weighted by atomic mass is 10.1. The monoisotopic (exact) mass is 377 g/mol. The molecule has 9 heteroatoms. The van der Waals surface area contributed by atoms with Crippen molar-refractivity contribution in [1.82, 2.24) is 19.7 Å². The fourth-order valence-electron chi connectivity index (χ4n) is 2.92. The Labute approximate surface area is 157 Å². The lowest BCUT2D eigenvalue weighted by molar-refractivity contribution is 0.102. The summed E-state index contributed by atoms with van der Waals surface area (Å²) in [5.74, 6) is -0.0447. The van der Waals surface area contributed by atoms with Gasteiger partial charge in [-0.3, -0.25) is 14.2 Å². The van der Waals surface area contributed by atoms with Gasteiger partial charge in [0.1, 0.15) is 0 Å². The number of aromatic amines is 1. The fraction of sp³-hybridized carbons (Fsp3) is 0.105. The largest absolute Gasteiger partial charge is 0.423 e. The van der Waals surface area contributed by atoms with E-state index < -0.39 is 5.69 Å². The fourth-order valence-corrected chi connectivity index (χ4v) is 2.92. The van der Waals surface area contributed by atoms with E-state index in [4.69, 9.17) is 4.42 Å². The van der Waals surface area contributed by atoms with Crippen molar-refractivity contribution in [3.05, 3.63) is 75.3 Å². The molecular formula is C19H15N5O4. The molecule has 140 valence electrons. The Balaban J connectivity index is 1.65. The normalized spacial score (nSPS) is 10.9. The highest BCUT2D eigenvalue weighted by Crippen LogP contribution is 2.21. The molecule has 2 N–H and O–H groups in total. The van der Waals surface area contributed by atoms with Crippen LogP contribution in [-0.2, 0) is 6.54 Å². The number of anilines is 1. The molecule has 0 saturated heterocycles. The van der Waals surface area contributed by atoms with Crippen molar-refractivity contribution in [2.45, 2.75) is 13.5 Å². The van der Waals surface area contributed by atoms with Crippen LogP contribution in [0.3, 0.4) is 0 Å². The van der Waals surface area contributed by atoms with Crippen molar-refractivity contribution < 1.29 is 9.21 Å². The number of nitrogens with zero attached hydrogens (tertiary/aromatic N) is 3. The minimum atomic E-state index is -0.509. The summed E-state index contributed by atoms with van der Waals surface area (Å²) in [5.41, 5.74) is 0.922. The van der Waals surface area contributed by atoms with Gasteiger partial charge in [0.05, 0.1) is 10.9 Å². The molecule has 0 unspecified atom stereocenters. The summed E-state index contributed by atoms with van der Waals surface area (Å²) in [4.78, 5) is 39.6. The Hall–Kier alpha value is -4.01. The zero-order chi connectivity index (χ0) is 19.7. The number of carbonyl (C=O) groups is 1. The SMILES string of the molecule is CCn1c(=O)[nH]c2cc(C(=O)Nc3cccc(-c4nnco4)c3)ccc2c1=O. The third-order valence-corrected chi connectivity index (χ3v) is 4.29. The number of rotatable bonds is 4. The molecule has 0 saturated carbocycles. The molecule has 4 aromatic rings. The Morgan fingerprint density at radius 1 is 1.21 bits per heavy atom. The van der Waals surface area contributed by atoms with E-state index in [0.29, 0.717) is 33.6 Å². The minimum Gasteiger partial charge on any atom is -0.423 e. The van der Waals surface area contributed by atoms with Gasteiger partial charge in [-0.15, -0.1) is 10.2 Å². The number of amides is 1. The molecule has 0 spiro atoms. The smallest absolute Gasteiger partial charge is 0.328 e. The van der Waals surface area contributed by atoms with Gasteiger partial charge in [0, 0.05) is 23.4 Å². The number of hydrogen-bond acceptors (Lipinski definition) is 6. The molecule has 0 bridgehead atoms. The van der Waals surface area contributed by atoms with Crippen LogP contribution in [0.2, 0.25) is 0 Å². The Kier molecular flexibility index (Phi) is 4.32. The van der Waals surface area contributed by atoms with Gasteiger partial charge in [-0.25, -0.2) is 4.79 Å². The number of hydrogen-bond donors (Lipinski definition) is 2. The number of H-pyrrole nitrogens is 1. The predicted octanol–water partition coefficient (Wildman–Crippen LogP) is 2.01. The number of aromatic nitrogens is 4. The van der Waals surface area contributed by atoms with E-state index in [-0.39, 0.29) is 18.0 Å². The van der Waals surface area contributed by atoms with Gasteiger partial charge in [-0.2, -0.15) is 0 Å². The van der Waals surface area contributed by atoms with Gasteiger partial charge < -0.3 is 14.7 Å². The van der Waals surface area contributed by atoms with Crippen LogP contribution in [0, 0.1) is 0 Å². The second kappa shape index (κ2) is 6.95. The third kappa shape index (κ3) is 3.09. The topological polar surface area (TPSA) is 123 Å². The lowest BCUT2D eigenvalue weighted by Gasteiger charge is -2.08. The zero-order valence-electron chi connectivity index (χ0n) is 14.8. The van der Waals surface area contributed by atoms with Crippen molar-refractivity contribution in [2.75, 3.05) is 5.32 Å². The van der Waals surface area contributed by atoms with Crippen LogP contribution in [0.1, 0.15) is 17.3 Å². The summed E-state index contributed by atoms with van der Waals surface area (Å²) in [7, 11) is 0. The summed E-state index contributed by atoms with van der Waals surface area (Å²) in [6.45, 7) is 1.98. The molecule has 0 aliphatic rings. The van der Waals surface area contributed by atoms with Gasteiger partial charge in [-0.1, -0.05) is 6.07 Å². The van der Waals surface area contributed by atoms with Gasteiger partial charge in [0.25, 0.3) is 11.5 Å². The van der Waals surface area contributed by atoms with Crippen LogP contribution in [0.4, 0.5) is 5.69 Å². The van der Waals surface area contributed by atoms with E-state index in [1.54, 1.807) is 37.3 Å². The molecule has 0 aliphatic carbocycles. The highest BCUT2D eigenvalue weighted by atomic mass is 16.4. The average molecular weight is 377 g/mol. The summed E-state index contributed by atoms with van der Waals surface area (Å²) >= 11 is 0. The number of carbonyl (C=O) groups excluding carboxylic acids is 1. The molecule has 28 heavy (non-hydrogen) atoms. The molecular weight excluding hydrogens is 362 g/mol. The highest BCUT2D eigenvalue weighted by Gasteiger charge is 2.12. The van der Waals surface area contributed by atoms with E-state index in [9.17, 15) is 14.4 Å². The van der Waals surface area contributed by atoms with Crippen molar-refractivity contribution >= 4 is 22.5 Å². The van der Waals surface area contributed by atoms with E-state index in [1.807, 2.05) is 0 Å². The second-order valence-corrected chi connectivity index (χ2v) is 6.02. The molecule has 9 nitrogen and oxygen atoms in total. The first kappa shape index (κ1) is 17.4. The summed E-state index contributed by atoms with van der Waals surface area (Å²) in [6, 6.07) is 11.5. The first-order chi connectivity index (χ1) is 13.6. The molecule has 0 fully saturated rings. The van der Waals surface area contributed by atoms with Crippen LogP contribution in [-0.4, -0.2) is 25.7 Å². The number of nitrogens with one attached hydrogen (secondary N) is 2. The number of benzene rings is 2. The van der Waals surface area contributed by atoms with Gasteiger partial charge >= 0.3 is 5.69 Å². The maximum absolute atomic E-state index is 12.6. The first-order valence-electron chi connectivity index (χ1n) is 8.51. The van der Waals surface area contributed by atoms with Crippen molar-refractivity contribution in [3.63, 3.8) is 0 Å². The standard InChI is InChI=1S/C19H15N5O4/c1-2-24-18(26)14-7-6-11(9-15(14)22-19(24)27)16(25)21-13-5-3-4-12(8-13)17-23-20-10-28-17/h3-10H,2H2,1H3,(H,21,25)(H,22,27). The molecule has 0 radical (unpaired) electrons. The van der Waals surface area contributed by atoms with Crippen LogP contribution in [0.5, 0.6) is 0 Å². The molecule has 4 rings (SSSR count). The maximum Gasteiger partial charge on any atom is 0.328 e. The van der Waals surface area contributed by atoms with Gasteiger partial charge in [-0.05, 0) is 43.3 Å². The lowest BCUT2D eigenvalue weighted by Crippen LogP contribution is -2.34. The maximum atomic E-state index is 12.6. The molecule has 2 aromatic carbocycles. The minimum absolute atomic E-state index is 0.267. The summed E-state index contributed by atoms with van der Waals surface area (Å²) in [5, 5.41) is 10.6. The van der Waals surface area contributed by atoms with Gasteiger partial charge in [0.15, 0.2) is 0 Å². The first-order valence-corrected chi connectivity index (χ1v) is 8.51. The zero-order valence-corrected chi connectivity index (χ0v) is 14.8. The predicted molar refractivity (Wildman–Crippen MR) is 102 cm³/mol. The molecule has 0 atom stereocenters. The Morgan fingerprint density at radius 2 is 2.07 bits per heavy atom. The highest BCUT2D eigenvalue weighted by molar-refractivity contribution is 6.06. The quantitative estimate of drug-likeness (QED) is 0.561. The van der Waals surface area contributed by atoms with Crippen LogP contribution >= 0.6 is 0 Å². The van der Waals surface area contributed by atoms with E-state index in [0.717, 1.165) is 4.57 Å². The summed E-state index contributed by atoms with van der Waals surface area (Å²) < 4.78 is 6.26. The van der Waals surface area contributed by atoms with Gasteiger partial charge in [0.2, 0.25) is 12.3 Å². The van der Waals surface area contributed by atoms with E-state index in [2.05, 4.69) is 20.5 Å². The third-order valence-electron chi connectivity index (χ3n) is 4.29. The molecule has 2 aromatic heterocycles. The molecule has 0 aliphatic heterocycles. The second-order valence-electron chi connectivity index (χ2n) is 6.02. The van der Waals surface area contributed by atoms with Crippen molar-refractivity contribution in [2.24, 2.45) is 0 Å². The van der Waals surface area contributed by atoms with E-state index >= 15 is 0 Å². The Morgan fingerprint density at radius 3 is 2.82 bits per heavy atom. The van der Waals surface area contributed by atoms with Crippen molar-refractivity contribution in [3.8, 4) is 11.5 Å². The van der Waals surface area contributed by atoms with Crippen LogP contribution in [0.25, 0.3) is 22.4 Å². The number of fused-ring (bicyclic) bond motifs is 1. The average Bonchev–Trinajstić information content (AvgIpc) is 3.23. The van der Waals surface area contributed by atoms with Crippen LogP contribution in [0.15, 0.2) is 62.9 Å². The summed E-state index contributed by atoms with van der Waals surface area (Å²) in [6.07, 6.45) is 1.23. The van der Waals surface area contributed by atoms with Crippen molar-refractivity contribution in [1.29, 1.82) is 0 Å². The molecule has 2 heterocycles.